The number of carboxylic acid groups (broad SMARTS) is 1. The lowest BCUT2D eigenvalue weighted by Crippen LogP contribution is -2.58. The zero-order valence-corrected chi connectivity index (χ0v) is 20.5. The van der Waals surface area contributed by atoms with Crippen LogP contribution in [0.25, 0.3) is 0 Å². The summed E-state index contributed by atoms with van der Waals surface area (Å²) in [4.78, 5) is 72.0. The molecule has 0 aromatic heterocycles. The van der Waals surface area contributed by atoms with Crippen molar-refractivity contribution in [2.75, 3.05) is 12.0 Å². The second-order valence-electron chi connectivity index (χ2n) is 8.21. The number of carbonyl (C=O) groups excluding carboxylic acids is 5. The van der Waals surface area contributed by atoms with Crippen molar-refractivity contribution < 1.29 is 33.9 Å². The maximum absolute atomic E-state index is 12.8. The Hall–Kier alpha value is -2.87. The molecule has 5 amide bonds. The quantitative estimate of drug-likeness (QED) is 0.113. The molecule has 0 aliphatic heterocycles. The standard InChI is InChI=1S/C20H36N6O7S/c1-10(2)8-11(21)17(29)26-14(9-16(23)28)19(31)24-12(4-5-15(22)27)18(30)25-13(20(32)33)6-7-34-3/h10-14H,4-9,21H2,1-3H3,(H2,22,27)(H2,23,28)(H,24,31)(H,25,30)(H,26,29)(H,32,33). The maximum Gasteiger partial charge on any atom is 0.326 e. The average Bonchev–Trinajstić information content (AvgIpc) is 2.71. The van der Waals surface area contributed by atoms with Crippen LogP contribution in [0.1, 0.15) is 46.0 Å². The Kier molecular flexibility index (Phi) is 14.5. The van der Waals surface area contributed by atoms with Gasteiger partial charge >= 0.3 is 5.97 Å². The van der Waals surface area contributed by atoms with E-state index in [0.717, 1.165) is 0 Å². The van der Waals surface area contributed by atoms with Gasteiger partial charge in [0.1, 0.15) is 18.1 Å². The van der Waals surface area contributed by atoms with E-state index < -0.39 is 66.1 Å². The molecule has 34 heavy (non-hydrogen) atoms. The largest absolute Gasteiger partial charge is 0.480 e. The molecule has 0 aromatic rings. The molecule has 14 heteroatoms. The van der Waals surface area contributed by atoms with Crippen LogP contribution in [0.15, 0.2) is 0 Å². The molecule has 0 fully saturated rings. The van der Waals surface area contributed by atoms with Crippen LogP contribution in [-0.4, -0.2) is 76.8 Å². The molecule has 0 aliphatic rings. The third-order valence-electron chi connectivity index (χ3n) is 4.64. The number of thioether (sulfide) groups is 1. The van der Waals surface area contributed by atoms with E-state index in [1.54, 1.807) is 6.26 Å². The maximum atomic E-state index is 12.8. The Morgan fingerprint density at radius 3 is 1.82 bits per heavy atom. The lowest BCUT2D eigenvalue weighted by Gasteiger charge is -2.25. The van der Waals surface area contributed by atoms with Crippen molar-refractivity contribution in [1.82, 2.24) is 16.0 Å². The Morgan fingerprint density at radius 2 is 1.35 bits per heavy atom. The van der Waals surface area contributed by atoms with Gasteiger partial charge in [-0.2, -0.15) is 11.8 Å². The van der Waals surface area contributed by atoms with Gasteiger partial charge in [-0.05, 0) is 37.2 Å². The molecule has 0 aromatic carbocycles. The van der Waals surface area contributed by atoms with Crippen LogP contribution in [0.2, 0.25) is 0 Å². The Balaban J connectivity index is 5.55. The Bertz CT molecular complexity index is 749. The van der Waals surface area contributed by atoms with E-state index in [9.17, 15) is 33.9 Å². The first-order valence-electron chi connectivity index (χ1n) is 10.7. The molecule has 0 heterocycles. The van der Waals surface area contributed by atoms with Crippen molar-refractivity contribution in [3.05, 3.63) is 0 Å². The van der Waals surface area contributed by atoms with Crippen molar-refractivity contribution in [3.63, 3.8) is 0 Å². The fraction of sp³-hybridized carbons (Fsp3) is 0.700. The van der Waals surface area contributed by atoms with Gasteiger partial charge in [-0.1, -0.05) is 13.8 Å². The Labute approximate surface area is 202 Å². The summed E-state index contributed by atoms with van der Waals surface area (Å²) < 4.78 is 0. The number of aliphatic carboxylic acids is 1. The number of rotatable bonds is 17. The fourth-order valence-electron chi connectivity index (χ4n) is 2.90. The molecule has 4 atom stereocenters. The minimum absolute atomic E-state index is 0.0966. The molecule has 13 nitrogen and oxygen atoms in total. The van der Waals surface area contributed by atoms with Crippen LogP contribution in [0, 0.1) is 5.92 Å². The highest BCUT2D eigenvalue weighted by Crippen LogP contribution is 2.06. The lowest BCUT2D eigenvalue weighted by molar-refractivity contribution is -0.142. The van der Waals surface area contributed by atoms with Crippen molar-refractivity contribution in [2.24, 2.45) is 23.1 Å². The van der Waals surface area contributed by atoms with Gasteiger partial charge in [0.2, 0.25) is 29.5 Å². The molecule has 0 bridgehead atoms. The summed E-state index contributed by atoms with van der Waals surface area (Å²) in [5, 5.41) is 16.4. The molecule has 0 radical (unpaired) electrons. The topological polar surface area (TPSA) is 237 Å². The molecule has 10 N–H and O–H groups in total. The second-order valence-corrected chi connectivity index (χ2v) is 9.20. The van der Waals surface area contributed by atoms with E-state index in [-0.39, 0.29) is 25.2 Å². The first kappa shape index (κ1) is 31.1. The molecule has 194 valence electrons. The number of hydrogen-bond acceptors (Lipinski definition) is 8. The molecule has 0 spiro atoms. The van der Waals surface area contributed by atoms with Crippen LogP contribution in [0.5, 0.6) is 0 Å². The van der Waals surface area contributed by atoms with E-state index in [2.05, 4.69) is 16.0 Å². The van der Waals surface area contributed by atoms with Gasteiger partial charge < -0.3 is 38.3 Å². The van der Waals surface area contributed by atoms with Crippen molar-refractivity contribution in [2.45, 2.75) is 70.1 Å². The highest BCUT2D eigenvalue weighted by atomic mass is 32.2. The van der Waals surface area contributed by atoms with Gasteiger partial charge in [-0.25, -0.2) is 4.79 Å². The summed E-state index contributed by atoms with van der Waals surface area (Å²) in [5.41, 5.74) is 16.1. The smallest absolute Gasteiger partial charge is 0.326 e. The summed E-state index contributed by atoms with van der Waals surface area (Å²) in [6, 6.07) is -4.94. The number of nitrogens with one attached hydrogen (secondary N) is 3. The van der Waals surface area contributed by atoms with Crippen molar-refractivity contribution >= 4 is 47.3 Å². The lowest BCUT2D eigenvalue weighted by atomic mass is 10.0. The van der Waals surface area contributed by atoms with Crippen LogP contribution < -0.4 is 33.2 Å². The number of nitrogens with two attached hydrogens (primary N) is 3. The molecular formula is C20H36N6O7S. The van der Waals surface area contributed by atoms with E-state index in [4.69, 9.17) is 17.2 Å². The van der Waals surface area contributed by atoms with Gasteiger partial charge in [0.15, 0.2) is 0 Å². The third-order valence-corrected chi connectivity index (χ3v) is 5.28. The minimum Gasteiger partial charge on any atom is -0.480 e. The Morgan fingerprint density at radius 1 is 0.824 bits per heavy atom. The summed E-state index contributed by atoms with van der Waals surface area (Å²) in [6.45, 7) is 3.71. The number of amides is 5. The molecular weight excluding hydrogens is 468 g/mol. The summed E-state index contributed by atoms with van der Waals surface area (Å²) in [6.07, 6.45) is 1.15. The zero-order chi connectivity index (χ0) is 26.4. The van der Waals surface area contributed by atoms with Gasteiger partial charge in [-0.3, -0.25) is 24.0 Å². The summed E-state index contributed by atoms with van der Waals surface area (Å²) >= 11 is 1.39. The third kappa shape index (κ3) is 13.0. The van der Waals surface area contributed by atoms with Crippen LogP contribution >= 0.6 is 11.8 Å². The van der Waals surface area contributed by atoms with Crippen LogP contribution in [0.3, 0.4) is 0 Å². The number of primary amides is 2. The van der Waals surface area contributed by atoms with Crippen molar-refractivity contribution in [1.29, 1.82) is 0 Å². The predicted octanol–water partition coefficient (Wildman–Crippen LogP) is -2.21. The number of carbonyl (C=O) groups is 6. The minimum atomic E-state index is -1.43. The van der Waals surface area contributed by atoms with Gasteiger partial charge in [0.05, 0.1) is 12.5 Å². The molecule has 4 unspecified atom stereocenters. The first-order chi connectivity index (χ1) is 15.8. The van der Waals surface area contributed by atoms with E-state index in [1.165, 1.54) is 11.8 Å². The number of carboxylic acids is 1. The van der Waals surface area contributed by atoms with Crippen LogP contribution in [-0.2, 0) is 28.8 Å². The van der Waals surface area contributed by atoms with E-state index in [0.29, 0.717) is 12.2 Å². The summed E-state index contributed by atoms with van der Waals surface area (Å²) in [7, 11) is 0. The number of hydrogen-bond donors (Lipinski definition) is 7. The van der Waals surface area contributed by atoms with E-state index in [1.807, 2.05) is 13.8 Å². The van der Waals surface area contributed by atoms with Crippen LogP contribution in [0.4, 0.5) is 0 Å². The molecule has 0 rings (SSSR count). The van der Waals surface area contributed by atoms with Gasteiger partial charge in [0.25, 0.3) is 0 Å². The van der Waals surface area contributed by atoms with Crippen molar-refractivity contribution in [3.8, 4) is 0 Å². The molecule has 0 aliphatic carbocycles. The monoisotopic (exact) mass is 504 g/mol. The van der Waals surface area contributed by atoms with E-state index >= 15 is 0 Å². The fourth-order valence-corrected chi connectivity index (χ4v) is 3.37. The van der Waals surface area contributed by atoms with Gasteiger partial charge in [-0.15, -0.1) is 0 Å². The SMILES string of the molecule is CSCCC(NC(=O)C(CCC(N)=O)NC(=O)C(CC(N)=O)NC(=O)C(N)CC(C)C)C(=O)O. The average molecular weight is 505 g/mol. The molecule has 0 saturated carbocycles. The highest BCUT2D eigenvalue weighted by molar-refractivity contribution is 7.98. The van der Waals surface area contributed by atoms with Gasteiger partial charge in [0, 0.05) is 6.42 Å². The second kappa shape index (κ2) is 15.9. The normalized spacial score (nSPS) is 14.4. The first-order valence-corrected chi connectivity index (χ1v) is 12.1. The zero-order valence-electron chi connectivity index (χ0n) is 19.7. The summed E-state index contributed by atoms with van der Waals surface area (Å²) in [5.74, 6) is -4.81. The predicted molar refractivity (Wildman–Crippen MR) is 126 cm³/mol. The highest BCUT2D eigenvalue weighted by Gasteiger charge is 2.31. The molecule has 0 saturated heterocycles.